The van der Waals surface area contributed by atoms with Gasteiger partial charge in [-0.05, 0) is 36.0 Å². The second-order valence-corrected chi connectivity index (χ2v) is 7.13. The Hall–Kier alpha value is -2.17. The number of fused-ring (bicyclic) bond motifs is 1. The maximum atomic E-state index is 12.9. The van der Waals surface area contributed by atoms with E-state index in [0.717, 1.165) is 17.5 Å². The van der Waals surface area contributed by atoms with E-state index in [-0.39, 0.29) is 11.8 Å². The van der Waals surface area contributed by atoms with Gasteiger partial charge in [0, 0.05) is 13.3 Å². The van der Waals surface area contributed by atoms with Crippen molar-refractivity contribution in [2.75, 3.05) is 7.05 Å². The van der Waals surface area contributed by atoms with E-state index in [2.05, 4.69) is 30.1 Å². The van der Waals surface area contributed by atoms with Gasteiger partial charge in [-0.1, -0.05) is 31.0 Å². The first-order chi connectivity index (χ1) is 11.0. The molecule has 5 nitrogen and oxygen atoms in total. The molecule has 4 rings (SSSR count). The van der Waals surface area contributed by atoms with Crippen LogP contribution in [-0.4, -0.2) is 30.0 Å². The van der Waals surface area contributed by atoms with Crippen LogP contribution in [0.2, 0.25) is 0 Å². The van der Waals surface area contributed by atoms with Crippen LogP contribution in [0.5, 0.6) is 0 Å². The maximum absolute atomic E-state index is 12.9. The SMILES string of the molecule is CN1C(=O)C(CC2CC2)[C@@](C)(c2ccc3c(c2)CN=C3)N=C1N. The van der Waals surface area contributed by atoms with E-state index < -0.39 is 5.54 Å². The van der Waals surface area contributed by atoms with Crippen LogP contribution in [0.25, 0.3) is 0 Å². The molecule has 1 aliphatic carbocycles. The predicted octanol–water partition coefficient (Wildman–Crippen LogP) is 2.04. The van der Waals surface area contributed by atoms with Crippen molar-refractivity contribution in [1.29, 1.82) is 0 Å². The molecular formula is C18H22N4O. The van der Waals surface area contributed by atoms with Gasteiger partial charge in [0.25, 0.3) is 0 Å². The Balaban J connectivity index is 1.79. The fourth-order valence-corrected chi connectivity index (χ4v) is 3.69. The van der Waals surface area contributed by atoms with E-state index in [0.29, 0.717) is 18.4 Å². The lowest BCUT2D eigenvalue weighted by Gasteiger charge is -2.41. The Labute approximate surface area is 136 Å². The summed E-state index contributed by atoms with van der Waals surface area (Å²) in [4.78, 5) is 23.4. The third-order valence-electron chi connectivity index (χ3n) is 5.48. The van der Waals surface area contributed by atoms with Crippen molar-refractivity contribution >= 4 is 18.1 Å². The Morgan fingerprint density at radius 3 is 2.91 bits per heavy atom. The van der Waals surface area contributed by atoms with Gasteiger partial charge in [-0.15, -0.1) is 0 Å². The normalized spacial score (nSPS) is 29.7. The summed E-state index contributed by atoms with van der Waals surface area (Å²) in [6.45, 7) is 2.76. The maximum Gasteiger partial charge on any atom is 0.234 e. The molecule has 0 radical (unpaired) electrons. The lowest BCUT2D eigenvalue weighted by Crippen LogP contribution is -2.53. The molecule has 5 heteroatoms. The molecule has 3 aliphatic rings. The van der Waals surface area contributed by atoms with E-state index in [1.165, 1.54) is 23.3 Å². The van der Waals surface area contributed by atoms with Crippen LogP contribution < -0.4 is 5.73 Å². The van der Waals surface area contributed by atoms with Crippen molar-refractivity contribution in [1.82, 2.24) is 4.90 Å². The average molecular weight is 310 g/mol. The second kappa shape index (κ2) is 4.91. The van der Waals surface area contributed by atoms with Crippen LogP contribution in [0.1, 0.15) is 42.9 Å². The monoisotopic (exact) mass is 310 g/mol. The third kappa shape index (κ3) is 2.26. The minimum Gasteiger partial charge on any atom is -0.369 e. The van der Waals surface area contributed by atoms with Gasteiger partial charge in [0.2, 0.25) is 5.91 Å². The zero-order chi connectivity index (χ0) is 16.2. The Bertz CT molecular complexity index is 735. The van der Waals surface area contributed by atoms with Gasteiger partial charge in [0.15, 0.2) is 5.96 Å². The molecule has 1 aromatic rings. The summed E-state index contributed by atoms with van der Waals surface area (Å²) in [5.74, 6) is 0.904. The molecule has 0 spiro atoms. The molecule has 23 heavy (non-hydrogen) atoms. The van der Waals surface area contributed by atoms with Gasteiger partial charge < -0.3 is 5.73 Å². The fourth-order valence-electron chi connectivity index (χ4n) is 3.69. The Morgan fingerprint density at radius 2 is 2.17 bits per heavy atom. The van der Waals surface area contributed by atoms with E-state index >= 15 is 0 Å². The number of aliphatic imine (C=N–C) groups is 2. The Kier molecular flexibility index (Phi) is 3.08. The summed E-state index contributed by atoms with van der Waals surface area (Å²) in [7, 11) is 1.72. The van der Waals surface area contributed by atoms with Crippen molar-refractivity contribution < 1.29 is 4.79 Å². The highest BCUT2D eigenvalue weighted by molar-refractivity contribution is 6.00. The number of nitrogens with zero attached hydrogens (tertiary/aromatic N) is 3. The molecule has 0 aromatic heterocycles. The number of hydrogen-bond acceptors (Lipinski definition) is 4. The summed E-state index contributed by atoms with van der Waals surface area (Å²) in [5.41, 5.74) is 8.87. The van der Waals surface area contributed by atoms with Crippen molar-refractivity contribution in [2.45, 2.75) is 38.3 Å². The van der Waals surface area contributed by atoms with E-state index in [1.54, 1.807) is 7.05 Å². The van der Waals surface area contributed by atoms with Gasteiger partial charge in [-0.3, -0.25) is 14.7 Å². The molecule has 0 saturated heterocycles. The number of hydrogen-bond donors (Lipinski definition) is 1. The molecule has 2 aliphatic heterocycles. The highest BCUT2D eigenvalue weighted by Crippen LogP contribution is 2.46. The van der Waals surface area contributed by atoms with E-state index in [1.807, 2.05) is 6.21 Å². The minimum absolute atomic E-state index is 0.0867. The van der Waals surface area contributed by atoms with Crippen molar-refractivity contribution in [3.05, 3.63) is 34.9 Å². The summed E-state index contributed by atoms with van der Waals surface area (Å²) in [6, 6.07) is 6.30. The standard InChI is InChI=1S/C18H22N4O/c1-18(14-6-5-12-9-20-10-13(12)8-14)15(7-11-3-4-11)16(23)22(2)17(19)21-18/h5-6,8-9,11,15H,3-4,7,10H2,1-2H3,(H2,19,21)/t15?,18-/m1/s1. The van der Waals surface area contributed by atoms with Gasteiger partial charge >= 0.3 is 0 Å². The molecular weight excluding hydrogens is 288 g/mol. The summed E-state index contributed by atoms with van der Waals surface area (Å²) in [5, 5.41) is 0. The molecule has 120 valence electrons. The molecule has 1 fully saturated rings. The molecule has 1 unspecified atom stereocenters. The number of guanidine groups is 1. The molecule has 2 heterocycles. The fraction of sp³-hybridized carbons (Fsp3) is 0.500. The molecule has 1 amide bonds. The molecule has 1 saturated carbocycles. The highest BCUT2D eigenvalue weighted by Gasteiger charge is 2.48. The molecule has 2 atom stereocenters. The van der Waals surface area contributed by atoms with Crippen molar-refractivity contribution in [3.8, 4) is 0 Å². The lowest BCUT2D eigenvalue weighted by atomic mass is 9.75. The molecule has 2 N–H and O–H groups in total. The number of benzene rings is 1. The van der Waals surface area contributed by atoms with Gasteiger partial charge in [-0.25, -0.2) is 4.99 Å². The topological polar surface area (TPSA) is 71.0 Å². The van der Waals surface area contributed by atoms with Crippen molar-refractivity contribution in [3.63, 3.8) is 0 Å². The first kappa shape index (κ1) is 14.4. The van der Waals surface area contributed by atoms with E-state index in [9.17, 15) is 4.79 Å². The Morgan fingerprint density at radius 1 is 1.39 bits per heavy atom. The summed E-state index contributed by atoms with van der Waals surface area (Å²) in [6.07, 6.45) is 5.24. The smallest absolute Gasteiger partial charge is 0.234 e. The third-order valence-corrected chi connectivity index (χ3v) is 5.48. The van der Waals surface area contributed by atoms with Crippen LogP contribution in [0.15, 0.2) is 28.2 Å². The van der Waals surface area contributed by atoms with Crippen LogP contribution in [0, 0.1) is 11.8 Å². The number of amides is 1. The predicted molar refractivity (Wildman–Crippen MR) is 90.3 cm³/mol. The van der Waals surface area contributed by atoms with Crippen molar-refractivity contribution in [2.24, 2.45) is 27.6 Å². The number of nitrogens with two attached hydrogens (primary N) is 1. The number of carbonyl (C=O) groups excluding carboxylic acids is 1. The van der Waals surface area contributed by atoms with Crippen LogP contribution >= 0.6 is 0 Å². The van der Waals surface area contributed by atoms with E-state index in [4.69, 9.17) is 10.7 Å². The zero-order valence-corrected chi connectivity index (χ0v) is 13.6. The minimum atomic E-state index is -0.589. The zero-order valence-electron chi connectivity index (χ0n) is 13.6. The number of rotatable bonds is 3. The van der Waals surface area contributed by atoms with Crippen LogP contribution in [-0.2, 0) is 16.9 Å². The summed E-state index contributed by atoms with van der Waals surface area (Å²) >= 11 is 0. The second-order valence-electron chi connectivity index (χ2n) is 7.13. The lowest BCUT2D eigenvalue weighted by molar-refractivity contribution is -0.134. The number of carbonyl (C=O) groups is 1. The quantitative estimate of drug-likeness (QED) is 0.928. The molecule has 0 bridgehead atoms. The molecule has 1 aromatic carbocycles. The summed E-state index contributed by atoms with van der Waals surface area (Å²) < 4.78 is 0. The largest absolute Gasteiger partial charge is 0.369 e. The van der Waals surface area contributed by atoms with Crippen LogP contribution in [0.4, 0.5) is 0 Å². The first-order valence-corrected chi connectivity index (χ1v) is 8.25. The van der Waals surface area contributed by atoms with Gasteiger partial charge in [0.05, 0.1) is 18.0 Å². The average Bonchev–Trinajstić information content (AvgIpc) is 3.23. The van der Waals surface area contributed by atoms with Crippen LogP contribution in [0.3, 0.4) is 0 Å². The first-order valence-electron chi connectivity index (χ1n) is 8.25. The van der Waals surface area contributed by atoms with Gasteiger partial charge in [0.1, 0.15) is 0 Å². The van der Waals surface area contributed by atoms with Gasteiger partial charge in [-0.2, -0.15) is 0 Å². The highest BCUT2D eigenvalue weighted by atomic mass is 16.2.